The lowest BCUT2D eigenvalue weighted by molar-refractivity contribution is -0.137. The SMILES string of the molecule is O=C(O)CCCCNC(=O)COc1ccccc1O. The number of hydrogen-bond donors (Lipinski definition) is 3. The molecular weight excluding hydrogens is 250 g/mol. The van der Waals surface area contributed by atoms with E-state index < -0.39 is 5.97 Å². The molecule has 0 radical (unpaired) electrons. The Bertz CT molecular complexity index is 433. The summed E-state index contributed by atoms with van der Waals surface area (Å²) in [5, 5.41) is 20.4. The van der Waals surface area contributed by atoms with Gasteiger partial charge in [-0.2, -0.15) is 0 Å². The van der Waals surface area contributed by atoms with E-state index in [4.69, 9.17) is 9.84 Å². The molecular formula is C13H17NO5. The summed E-state index contributed by atoms with van der Waals surface area (Å²) in [6.45, 7) is 0.229. The predicted octanol–water partition coefficient (Wildman–Crippen LogP) is 1.14. The van der Waals surface area contributed by atoms with E-state index >= 15 is 0 Å². The molecule has 0 saturated carbocycles. The molecule has 0 fully saturated rings. The normalized spacial score (nSPS) is 9.89. The highest BCUT2D eigenvalue weighted by Crippen LogP contribution is 2.23. The van der Waals surface area contributed by atoms with E-state index in [9.17, 15) is 14.7 Å². The third-order valence-electron chi connectivity index (χ3n) is 2.36. The summed E-state index contributed by atoms with van der Waals surface area (Å²) in [6.07, 6.45) is 1.23. The van der Waals surface area contributed by atoms with Crippen LogP contribution in [0.1, 0.15) is 19.3 Å². The summed E-state index contributed by atoms with van der Waals surface area (Å²) >= 11 is 0. The molecule has 1 rings (SSSR count). The Labute approximate surface area is 111 Å². The van der Waals surface area contributed by atoms with Crippen molar-refractivity contribution in [2.45, 2.75) is 19.3 Å². The highest BCUT2D eigenvalue weighted by molar-refractivity contribution is 5.77. The molecule has 0 spiro atoms. The lowest BCUT2D eigenvalue weighted by Gasteiger charge is -2.08. The van der Waals surface area contributed by atoms with E-state index in [-0.39, 0.29) is 30.4 Å². The topological polar surface area (TPSA) is 95.9 Å². The fourth-order valence-electron chi connectivity index (χ4n) is 1.40. The Hall–Kier alpha value is -2.24. The van der Waals surface area contributed by atoms with Gasteiger partial charge in [0.25, 0.3) is 5.91 Å². The van der Waals surface area contributed by atoms with Crippen LogP contribution in [0, 0.1) is 0 Å². The van der Waals surface area contributed by atoms with Crippen LogP contribution in [0.4, 0.5) is 0 Å². The average Bonchev–Trinajstić information content (AvgIpc) is 2.37. The Kier molecular flexibility index (Phi) is 6.21. The quantitative estimate of drug-likeness (QED) is 0.614. The van der Waals surface area contributed by atoms with Gasteiger partial charge in [0.15, 0.2) is 18.1 Å². The standard InChI is InChI=1S/C13H17NO5/c15-10-5-1-2-6-11(10)19-9-12(16)14-8-4-3-7-13(17)18/h1-2,5-6,15H,3-4,7-9H2,(H,14,16)(H,17,18). The van der Waals surface area contributed by atoms with Gasteiger partial charge in [0, 0.05) is 13.0 Å². The Morgan fingerprint density at radius 2 is 1.95 bits per heavy atom. The summed E-state index contributed by atoms with van der Waals surface area (Å²) in [5.41, 5.74) is 0. The van der Waals surface area contributed by atoms with Gasteiger partial charge in [0.05, 0.1) is 0 Å². The highest BCUT2D eigenvalue weighted by Gasteiger charge is 2.05. The zero-order valence-electron chi connectivity index (χ0n) is 10.5. The maximum atomic E-state index is 11.4. The molecule has 1 amide bonds. The largest absolute Gasteiger partial charge is 0.504 e. The molecule has 0 aliphatic rings. The minimum atomic E-state index is -0.839. The number of unbranched alkanes of at least 4 members (excludes halogenated alkanes) is 1. The van der Waals surface area contributed by atoms with Crippen molar-refractivity contribution in [3.05, 3.63) is 24.3 Å². The molecule has 0 heterocycles. The number of hydrogen-bond acceptors (Lipinski definition) is 4. The number of carbonyl (C=O) groups is 2. The number of phenolic OH excluding ortho intramolecular Hbond substituents is 1. The molecule has 0 atom stereocenters. The number of nitrogens with one attached hydrogen (secondary N) is 1. The molecule has 6 heteroatoms. The number of phenols is 1. The molecule has 0 aliphatic heterocycles. The van der Waals surface area contributed by atoms with Gasteiger partial charge in [-0.15, -0.1) is 0 Å². The van der Waals surface area contributed by atoms with Gasteiger partial charge >= 0.3 is 5.97 Å². The summed E-state index contributed by atoms with van der Waals surface area (Å²) in [6, 6.07) is 6.39. The minimum absolute atomic E-state index is 0.0169. The first-order chi connectivity index (χ1) is 9.09. The first-order valence-corrected chi connectivity index (χ1v) is 5.99. The zero-order valence-corrected chi connectivity index (χ0v) is 10.5. The molecule has 1 aromatic carbocycles. The molecule has 0 aliphatic carbocycles. The van der Waals surface area contributed by atoms with Crippen molar-refractivity contribution < 1.29 is 24.5 Å². The first-order valence-electron chi connectivity index (χ1n) is 5.99. The number of benzene rings is 1. The predicted molar refractivity (Wildman–Crippen MR) is 68.1 cm³/mol. The zero-order chi connectivity index (χ0) is 14.1. The highest BCUT2D eigenvalue weighted by atomic mass is 16.5. The second-order valence-corrected chi connectivity index (χ2v) is 3.96. The van der Waals surface area contributed by atoms with Crippen LogP contribution >= 0.6 is 0 Å². The molecule has 3 N–H and O–H groups in total. The van der Waals surface area contributed by atoms with E-state index in [1.165, 1.54) is 6.07 Å². The lowest BCUT2D eigenvalue weighted by atomic mass is 10.2. The number of amides is 1. The van der Waals surface area contributed by atoms with Crippen molar-refractivity contribution in [1.29, 1.82) is 0 Å². The van der Waals surface area contributed by atoms with E-state index in [1.807, 2.05) is 0 Å². The molecule has 104 valence electrons. The van der Waals surface area contributed by atoms with Gasteiger partial charge in [-0.3, -0.25) is 9.59 Å². The second kappa shape index (κ2) is 7.97. The first kappa shape index (κ1) is 14.8. The van der Waals surface area contributed by atoms with Gasteiger partial charge in [0.1, 0.15) is 0 Å². The van der Waals surface area contributed by atoms with Crippen molar-refractivity contribution in [3.63, 3.8) is 0 Å². The lowest BCUT2D eigenvalue weighted by Crippen LogP contribution is -2.29. The van der Waals surface area contributed by atoms with Crippen molar-refractivity contribution in [3.8, 4) is 11.5 Å². The van der Waals surface area contributed by atoms with Crippen molar-refractivity contribution >= 4 is 11.9 Å². The molecule has 19 heavy (non-hydrogen) atoms. The number of aromatic hydroxyl groups is 1. The Balaban J connectivity index is 2.15. The number of rotatable bonds is 8. The minimum Gasteiger partial charge on any atom is -0.504 e. The number of carboxylic acid groups (broad SMARTS) is 1. The van der Waals surface area contributed by atoms with Gasteiger partial charge in [0.2, 0.25) is 0 Å². The van der Waals surface area contributed by atoms with Crippen LogP contribution in [-0.4, -0.2) is 35.2 Å². The summed E-state index contributed by atoms with van der Waals surface area (Å²) < 4.78 is 5.14. The van der Waals surface area contributed by atoms with Crippen molar-refractivity contribution in [2.24, 2.45) is 0 Å². The molecule has 0 aromatic heterocycles. The number of carboxylic acids is 1. The van der Waals surface area contributed by atoms with Crippen LogP contribution in [0.15, 0.2) is 24.3 Å². The summed E-state index contributed by atoms with van der Waals surface area (Å²) in [5.74, 6) is -0.909. The molecule has 0 unspecified atom stereocenters. The molecule has 0 saturated heterocycles. The molecule has 0 bridgehead atoms. The molecule has 1 aromatic rings. The van der Waals surface area contributed by atoms with Crippen LogP contribution < -0.4 is 10.1 Å². The van der Waals surface area contributed by atoms with Crippen LogP contribution in [0.3, 0.4) is 0 Å². The van der Waals surface area contributed by atoms with Crippen LogP contribution in [0.25, 0.3) is 0 Å². The average molecular weight is 267 g/mol. The summed E-state index contributed by atoms with van der Waals surface area (Å²) in [7, 11) is 0. The number of aliphatic carboxylic acids is 1. The molecule has 6 nitrogen and oxygen atoms in total. The monoisotopic (exact) mass is 267 g/mol. The Morgan fingerprint density at radius 1 is 1.21 bits per heavy atom. The summed E-state index contributed by atoms with van der Waals surface area (Å²) in [4.78, 5) is 21.6. The maximum Gasteiger partial charge on any atom is 0.303 e. The fourth-order valence-corrected chi connectivity index (χ4v) is 1.40. The number of carbonyl (C=O) groups excluding carboxylic acids is 1. The van der Waals surface area contributed by atoms with E-state index in [1.54, 1.807) is 18.2 Å². The third-order valence-corrected chi connectivity index (χ3v) is 2.36. The maximum absolute atomic E-state index is 11.4. The fraction of sp³-hybridized carbons (Fsp3) is 0.385. The van der Waals surface area contributed by atoms with Gasteiger partial charge in [-0.25, -0.2) is 0 Å². The number of para-hydroxylation sites is 2. The van der Waals surface area contributed by atoms with Gasteiger partial charge < -0.3 is 20.3 Å². The van der Waals surface area contributed by atoms with E-state index in [0.29, 0.717) is 19.4 Å². The van der Waals surface area contributed by atoms with Crippen molar-refractivity contribution in [2.75, 3.05) is 13.2 Å². The smallest absolute Gasteiger partial charge is 0.303 e. The van der Waals surface area contributed by atoms with Crippen LogP contribution in [-0.2, 0) is 9.59 Å². The van der Waals surface area contributed by atoms with Gasteiger partial charge in [-0.05, 0) is 25.0 Å². The van der Waals surface area contributed by atoms with Crippen molar-refractivity contribution in [1.82, 2.24) is 5.32 Å². The van der Waals surface area contributed by atoms with Crippen LogP contribution in [0.5, 0.6) is 11.5 Å². The Morgan fingerprint density at radius 3 is 2.63 bits per heavy atom. The number of ether oxygens (including phenoxy) is 1. The van der Waals surface area contributed by atoms with Crippen LogP contribution in [0.2, 0.25) is 0 Å². The third kappa shape index (κ3) is 6.30. The van der Waals surface area contributed by atoms with E-state index in [2.05, 4.69) is 5.32 Å². The second-order valence-electron chi connectivity index (χ2n) is 3.96. The van der Waals surface area contributed by atoms with Gasteiger partial charge in [-0.1, -0.05) is 12.1 Å². The van der Waals surface area contributed by atoms with E-state index in [0.717, 1.165) is 0 Å².